The van der Waals surface area contributed by atoms with Gasteiger partial charge in [0, 0.05) is 43.4 Å². The predicted molar refractivity (Wildman–Crippen MR) is 14.7 cm³/mol. The molecule has 0 aliphatic rings. The van der Waals surface area contributed by atoms with Crippen LogP contribution in [0.3, 0.4) is 0 Å². The predicted octanol–water partition coefficient (Wildman–Crippen LogP) is -0.772. The van der Waals surface area contributed by atoms with E-state index in [1.54, 1.807) is 0 Å². The average molecular weight is 344 g/mol. The smallest absolute Gasteiger partial charge is 0 e. The second-order valence-electron chi connectivity index (χ2n) is 0. The van der Waals surface area contributed by atoms with E-state index in [2.05, 4.69) is 0 Å². The van der Waals surface area contributed by atoms with Gasteiger partial charge in [-0.3, -0.25) is 0 Å². The van der Waals surface area contributed by atoms with Gasteiger partial charge in [0.2, 0.25) is 0 Å². The summed E-state index contributed by atoms with van der Waals surface area (Å²) in [5.41, 5.74) is 0. The van der Waals surface area contributed by atoms with Crippen LogP contribution in [-0.2, 0) is 43.4 Å². The van der Waals surface area contributed by atoms with Crippen molar-refractivity contribution in [2.24, 2.45) is 0 Å². The van der Waals surface area contributed by atoms with E-state index in [9.17, 15) is 0 Å². The average Bonchev–Trinajstić information content (AvgIpc) is 0. The molecule has 0 rings (SSSR count). The molecule has 0 aromatic rings. The maximum Gasteiger partial charge on any atom is 0 e. The molecule has 0 aliphatic carbocycles. The second-order valence-corrected chi connectivity index (χ2v) is 0. The molecule has 0 spiro atoms. The van der Waals surface area contributed by atoms with E-state index in [0.717, 1.165) is 0 Å². The van der Waals surface area contributed by atoms with Gasteiger partial charge in [0.05, 0.1) is 0 Å². The normalized spacial score (nSPS) is 0. The van der Waals surface area contributed by atoms with Crippen molar-refractivity contribution in [3.05, 3.63) is 0 Å². The van der Waals surface area contributed by atoms with Gasteiger partial charge in [-0.1, -0.05) is 0 Å². The van der Waals surface area contributed by atoms with Crippen LogP contribution < -0.4 is 0 Å². The molecule has 0 heterocycles. The minimum absolute atomic E-state index is 0. The van der Waals surface area contributed by atoms with Gasteiger partial charge in [0.15, 0.2) is 0 Å². The summed E-state index contributed by atoms with van der Waals surface area (Å²) in [7, 11) is 0. The van der Waals surface area contributed by atoms with Crippen molar-refractivity contribution in [1.29, 1.82) is 0 Å². The minimum Gasteiger partial charge on any atom is -0.412 e. The first-order valence-electron chi connectivity index (χ1n) is 0. The minimum atomic E-state index is 0. The zero-order valence-corrected chi connectivity index (χ0v) is 7.75. The molecule has 0 aromatic heterocycles. The van der Waals surface area contributed by atoms with E-state index in [0.29, 0.717) is 0 Å². The summed E-state index contributed by atoms with van der Waals surface area (Å²) in [6.45, 7) is 0. The molecular weight excluding hydrogens is 339 g/mol. The van der Waals surface area contributed by atoms with Gasteiger partial charge in [-0.2, -0.15) is 9.90 Å². The molecular formula is H5AgOPW. The van der Waals surface area contributed by atoms with Crippen LogP contribution in [0.2, 0.25) is 0 Å². The van der Waals surface area contributed by atoms with Crippen molar-refractivity contribution < 1.29 is 48.9 Å². The molecule has 4 heavy (non-hydrogen) atoms. The Morgan fingerprint density at radius 3 is 1.00 bits per heavy atom. The molecule has 1 radical (unpaired) electrons. The summed E-state index contributed by atoms with van der Waals surface area (Å²) in [5, 5.41) is 0. The zero-order valence-electron chi connectivity index (χ0n) is 1.92. The second kappa shape index (κ2) is 21.2. The maximum absolute atomic E-state index is 0. The standard InChI is InChI=1S/Ag.H2O.H3P.W/h;1H2;1H3;. The van der Waals surface area contributed by atoms with Gasteiger partial charge in [0.1, 0.15) is 0 Å². The Bertz CT molecular complexity index is 8.00. The van der Waals surface area contributed by atoms with Gasteiger partial charge in [-0.15, -0.1) is 0 Å². The van der Waals surface area contributed by atoms with Crippen LogP contribution in [0.5, 0.6) is 0 Å². The number of hydrogen-bond donors (Lipinski definition) is 0. The molecule has 0 aliphatic heterocycles. The van der Waals surface area contributed by atoms with Crippen LogP contribution in [0.4, 0.5) is 0 Å². The maximum atomic E-state index is 0. The van der Waals surface area contributed by atoms with Gasteiger partial charge >= 0.3 is 0 Å². The SMILES string of the molecule is O.P.[Ag].[W]. The molecule has 0 fully saturated rings. The molecule has 1 nitrogen and oxygen atoms in total. The Morgan fingerprint density at radius 1 is 1.00 bits per heavy atom. The number of hydrogen-bond acceptors (Lipinski definition) is 0. The summed E-state index contributed by atoms with van der Waals surface area (Å²) in [6.07, 6.45) is 0. The fraction of sp³-hybridized carbons (Fsp3) is 0. The van der Waals surface area contributed by atoms with Gasteiger partial charge < -0.3 is 5.48 Å². The van der Waals surface area contributed by atoms with Gasteiger partial charge in [-0.25, -0.2) is 0 Å². The summed E-state index contributed by atoms with van der Waals surface area (Å²) in [5.74, 6) is 0. The van der Waals surface area contributed by atoms with Crippen LogP contribution in [0.15, 0.2) is 0 Å². The van der Waals surface area contributed by atoms with Crippen LogP contribution in [0, 0.1) is 0 Å². The van der Waals surface area contributed by atoms with Crippen molar-refractivity contribution in [3.8, 4) is 0 Å². The molecule has 0 aromatic carbocycles. The van der Waals surface area contributed by atoms with E-state index in [1.165, 1.54) is 0 Å². The summed E-state index contributed by atoms with van der Waals surface area (Å²) in [4.78, 5) is 0. The summed E-state index contributed by atoms with van der Waals surface area (Å²) >= 11 is 0. The molecule has 2 N–H and O–H groups in total. The molecule has 0 saturated heterocycles. The van der Waals surface area contributed by atoms with Crippen molar-refractivity contribution in [3.63, 3.8) is 0 Å². The van der Waals surface area contributed by atoms with E-state index < -0.39 is 0 Å². The first-order chi connectivity index (χ1) is 0. The molecule has 0 saturated carbocycles. The topological polar surface area (TPSA) is 31.5 Å². The van der Waals surface area contributed by atoms with E-state index >= 15 is 0 Å². The zero-order chi connectivity index (χ0) is 0. The van der Waals surface area contributed by atoms with Crippen molar-refractivity contribution in [2.45, 2.75) is 0 Å². The summed E-state index contributed by atoms with van der Waals surface area (Å²) in [6, 6.07) is 0. The fourth-order valence-electron chi connectivity index (χ4n) is 0. The Morgan fingerprint density at radius 2 is 1.00 bits per heavy atom. The molecule has 4 heteroatoms. The number of rotatable bonds is 0. The van der Waals surface area contributed by atoms with Crippen molar-refractivity contribution in [2.75, 3.05) is 0 Å². The summed E-state index contributed by atoms with van der Waals surface area (Å²) < 4.78 is 0. The van der Waals surface area contributed by atoms with E-state index in [-0.39, 0.29) is 58.8 Å². The first kappa shape index (κ1) is 40.9. The molecule has 1 unspecified atom stereocenters. The van der Waals surface area contributed by atoms with E-state index in [4.69, 9.17) is 0 Å². The van der Waals surface area contributed by atoms with Gasteiger partial charge in [0.25, 0.3) is 0 Å². The monoisotopic (exact) mass is 343 g/mol. The van der Waals surface area contributed by atoms with Gasteiger partial charge in [-0.05, 0) is 0 Å². The third kappa shape index (κ3) is 9.17. The first-order valence-corrected chi connectivity index (χ1v) is 0. The van der Waals surface area contributed by atoms with Crippen LogP contribution in [-0.4, -0.2) is 5.48 Å². The quantitative estimate of drug-likeness (QED) is 0.409. The Kier molecular flexibility index (Phi) is 217. The largest absolute Gasteiger partial charge is 0.412 e. The third-order valence-corrected chi connectivity index (χ3v) is 0. The Balaban J connectivity index is 0. The van der Waals surface area contributed by atoms with Crippen LogP contribution in [0.25, 0.3) is 0 Å². The van der Waals surface area contributed by atoms with E-state index in [1.807, 2.05) is 0 Å². The van der Waals surface area contributed by atoms with Crippen LogP contribution >= 0.6 is 9.90 Å². The molecule has 1 atom stereocenters. The molecule has 33 valence electrons. The molecule has 0 bridgehead atoms. The Labute approximate surface area is 58.6 Å². The Hall–Kier alpha value is 1.82. The molecule has 0 amide bonds. The third-order valence-electron chi connectivity index (χ3n) is 0. The van der Waals surface area contributed by atoms with Crippen molar-refractivity contribution in [1.82, 2.24) is 0 Å². The van der Waals surface area contributed by atoms with Crippen LogP contribution in [0.1, 0.15) is 0 Å². The fourth-order valence-corrected chi connectivity index (χ4v) is 0. The van der Waals surface area contributed by atoms with Crippen molar-refractivity contribution >= 4 is 9.90 Å².